The Labute approximate surface area is 160 Å². The number of benzene rings is 3. The lowest BCUT2D eigenvalue weighted by molar-refractivity contribution is -0.139. The molecule has 0 fully saturated rings. The molecule has 1 atom stereocenters. The summed E-state index contributed by atoms with van der Waals surface area (Å²) in [6.07, 6.45) is 2.40. The van der Waals surface area contributed by atoms with E-state index in [2.05, 4.69) is 48.5 Å². The van der Waals surface area contributed by atoms with Crippen LogP contribution in [0.4, 0.5) is 0 Å². The number of hydrogen-bond donors (Lipinski definition) is 0. The van der Waals surface area contributed by atoms with E-state index in [9.17, 15) is 4.79 Å². The summed E-state index contributed by atoms with van der Waals surface area (Å²) in [5, 5.41) is 0. The van der Waals surface area contributed by atoms with Gasteiger partial charge in [-0.1, -0.05) is 78.9 Å². The molecule has 0 aliphatic heterocycles. The smallest absolute Gasteiger partial charge is 0.314 e. The zero-order valence-corrected chi connectivity index (χ0v) is 15.2. The van der Waals surface area contributed by atoms with Gasteiger partial charge in [0, 0.05) is 0 Å². The highest BCUT2D eigenvalue weighted by Crippen LogP contribution is 2.41. The molecule has 0 saturated carbocycles. The minimum atomic E-state index is -0.137. The first-order valence-electron chi connectivity index (χ1n) is 9.41. The van der Waals surface area contributed by atoms with E-state index in [1.54, 1.807) is 0 Å². The van der Waals surface area contributed by atoms with E-state index >= 15 is 0 Å². The Morgan fingerprint density at radius 2 is 1.22 bits per heavy atom. The van der Waals surface area contributed by atoms with Crippen molar-refractivity contribution in [2.24, 2.45) is 5.92 Å². The van der Waals surface area contributed by atoms with E-state index < -0.39 is 0 Å². The van der Waals surface area contributed by atoms with Crippen molar-refractivity contribution in [1.82, 2.24) is 0 Å². The lowest BCUT2D eigenvalue weighted by Gasteiger charge is -2.27. The van der Waals surface area contributed by atoms with Crippen LogP contribution in [0.2, 0.25) is 0 Å². The van der Waals surface area contributed by atoms with Crippen molar-refractivity contribution in [3.8, 4) is 5.75 Å². The molecule has 27 heavy (non-hydrogen) atoms. The summed E-state index contributed by atoms with van der Waals surface area (Å²) in [7, 11) is 0. The molecule has 1 aliphatic carbocycles. The molecule has 0 radical (unpaired) electrons. The minimum absolute atomic E-state index is 0.118. The molecule has 1 unspecified atom stereocenters. The van der Waals surface area contributed by atoms with Crippen molar-refractivity contribution in [2.45, 2.75) is 19.3 Å². The van der Waals surface area contributed by atoms with Gasteiger partial charge in [-0.05, 0) is 53.7 Å². The van der Waals surface area contributed by atoms with Crippen LogP contribution < -0.4 is 4.74 Å². The number of carbonyl (C=O) groups is 1. The van der Waals surface area contributed by atoms with Gasteiger partial charge < -0.3 is 4.74 Å². The topological polar surface area (TPSA) is 26.3 Å². The van der Waals surface area contributed by atoms with Crippen LogP contribution in [0.3, 0.4) is 0 Å². The summed E-state index contributed by atoms with van der Waals surface area (Å²) in [5.41, 5.74) is 5.02. The van der Waals surface area contributed by atoms with Crippen LogP contribution in [0.15, 0.2) is 91.0 Å². The highest BCUT2D eigenvalue weighted by Gasteiger charge is 2.29. The van der Waals surface area contributed by atoms with Crippen LogP contribution >= 0.6 is 0 Å². The van der Waals surface area contributed by atoms with Gasteiger partial charge in [-0.3, -0.25) is 4.79 Å². The van der Waals surface area contributed by atoms with E-state index in [1.165, 1.54) is 22.3 Å². The molecule has 0 spiro atoms. The van der Waals surface area contributed by atoms with Gasteiger partial charge >= 0.3 is 5.97 Å². The Morgan fingerprint density at radius 3 is 1.81 bits per heavy atom. The van der Waals surface area contributed by atoms with Gasteiger partial charge in [0.15, 0.2) is 0 Å². The van der Waals surface area contributed by atoms with Crippen molar-refractivity contribution < 1.29 is 9.53 Å². The number of ether oxygens (including phenoxy) is 1. The second-order valence-corrected chi connectivity index (χ2v) is 6.86. The van der Waals surface area contributed by atoms with Gasteiger partial charge in [-0.15, -0.1) is 0 Å². The molecule has 0 amide bonds. The molecule has 4 rings (SSSR count). The Hall–Kier alpha value is -3.13. The molecule has 0 N–H and O–H groups in total. The Balaban J connectivity index is 1.63. The summed E-state index contributed by atoms with van der Waals surface area (Å²) >= 11 is 0. The first kappa shape index (κ1) is 17.3. The number of rotatable bonds is 4. The fourth-order valence-electron chi connectivity index (χ4n) is 3.72. The van der Waals surface area contributed by atoms with E-state index in [0.717, 1.165) is 12.8 Å². The normalized spacial score (nSPS) is 16.8. The molecule has 3 aromatic carbocycles. The Bertz CT molecular complexity index is 928. The molecule has 2 nitrogen and oxygen atoms in total. The van der Waals surface area contributed by atoms with E-state index in [1.807, 2.05) is 42.5 Å². The van der Waals surface area contributed by atoms with Crippen LogP contribution in [0.1, 0.15) is 30.4 Å². The van der Waals surface area contributed by atoms with Crippen LogP contribution in [0, 0.1) is 5.92 Å². The van der Waals surface area contributed by atoms with Crippen LogP contribution in [-0.4, -0.2) is 5.97 Å². The van der Waals surface area contributed by atoms with E-state index in [0.29, 0.717) is 12.2 Å². The zero-order valence-electron chi connectivity index (χ0n) is 15.2. The van der Waals surface area contributed by atoms with Crippen LogP contribution in [0.5, 0.6) is 5.75 Å². The minimum Gasteiger partial charge on any atom is -0.426 e. The summed E-state index contributed by atoms with van der Waals surface area (Å²) in [5.74, 6) is 0.358. The average Bonchev–Trinajstić information content (AvgIpc) is 2.75. The van der Waals surface area contributed by atoms with Crippen molar-refractivity contribution in [2.75, 3.05) is 0 Å². The van der Waals surface area contributed by atoms with Gasteiger partial charge in [0.2, 0.25) is 0 Å². The predicted octanol–water partition coefficient (Wildman–Crippen LogP) is 6.00. The van der Waals surface area contributed by atoms with Crippen LogP contribution in [0.25, 0.3) is 11.1 Å². The number of allylic oxidation sites excluding steroid dienone is 2. The number of para-hydroxylation sites is 1. The number of hydrogen-bond acceptors (Lipinski definition) is 2. The fourth-order valence-corrected chi connectivity index (χ4v) is 3.72. The number of carbonyl (C=O) groups excluding carboxylic acids is 1. The standard InChI is InChI=1S/C25H22O2/c26-25(27-22-14-8-3-9-15-22)21-16-17-23(19-10-4-1-5-11-19)24(18-21)20-12-6-2-7-13-20/h1-15,21H,16-18H2. The zero-order chi connectivity index (χ0) is 18.5. The largest absolute Gasteiger partial charge is 0.426 e. The molecule has 0 saturated heterocycles. The quantitative estimate of drug-likeness (QED) is 0.424. The molecule has 134 valence electrons. The SMILES string of the molecule is O=C(Oc1ccccc1)C1CCC(c2ccccc2)=C(c2ccccc2)C1. The predicted molar refractivity (Wildman–Crippen MR) is 109 cm³/mol. The second-order valence-electron chi connectivity index (χ2n) is 6.86. The van der Waals surface area contributed by atoms with E-state index in [-0.39, 0.29) is 11.9 Å². The summed E-state index contributed by atoms with van der Waals surface area (Å²) < 4.78 is 5.62. The third kappa shape index (κ3) is 4.01. The van der Waals surface area contributed by atoms with Crippen molar-refractivity contribution in [1.29, 1.82) is 0 Å². The Morgan fingerprint density at radius 1 is 0.704 bits per heavy atom. The third-order valence-corrected chi connectivity index (χ3v) is 5.10. The molecule has 1 aliphatic rings. The van der Waals surface area contributed by atoms with Gasteiger partial charge in [0.25, 0.3) is 0 Å². The molecule has 0 bridgehead atoms. The fraction of sp³-hybridized carbons (Fsp3) is 0.160. The maximum absolute atomic E-state index is 12.7. The van der Waals surface area contributed by atoms with E-state index in [4.69, 9.17) is 4.74 Å². The maximum Gasteiger partial charge on any atom is 0.314 e. The molecule has 0 heterocycles. The Kier molecular flexibility index (Phi) is 5.15. The summed E-state index contributed by atoms with van der Waals surface area (Å²) in [6, 6.07) is 30.2. The average molecular weight is 354 g/mol. The third-order valence-electron chi connectivity index (χ3n) is 5.10. The summed E-state index contributed by atoms with van der Waals surface area (Å²) in [4.78, 5) is 12.7. The molecular weight excluding hydrogens is 332 g/mol. The highest BCUT2D eigenvalue weighted by atomic mass is 16.5. The van der Waals surface area contributed by atoms with Crippen LogP contribution in [-0.2, 0) is 4.79 Å². The molecule has 2 heteroatoms. The first-order chi connectivity index (χ1) is 13.3. The summed E-state index contributed by atoms with van der Waals surface area (Å²) in [6.45, 7) is 0. The number of esters is 1. The highest BCUT2D eigenvalue weighted by molar-refractivity contribution is 5.94. The van der Waals surface area contributed by atoms with Crippen molar-refractivity contribution in [3.05, 3.63) is 102 Å². The lowest BCUT2D eigenvalue weighted by atomic mass is 9.78. The molecule has 0 aromatic heterocycles. The van der Waals surface area contributed by atoms with Gasteiger partial charge in [-0.25, -0.2) is 0 Å². The first-order valence-corrected chi connectivity index (χ1v) is 9.41. The van der Waals surface area contributed by atoms with Gasteiger partial charge in [0.1, 0.15) is 5.75 Å². The maximum atomic E-state index is 12.7. The van der Waals surface area contributed by atoms with Crippen molar-refractivity contribution in [3.63, 3.8) is 0 Å². The molecule has 3 aromatic rings. The van der Waals surface area contributed by atoms with Gasteiger partial charge in [-0.2, -0.15) is 0 Å². The monoisotopic (exact) mass is 354 g/mol. The molecular formula is C25H22O2. The van der Waals surface area contributed by atoms with Gasteiger partial charge in [0.05, 0.1) is 5.92 Å². The van der Waals surface area contributed by atoms with Crippen molar-refractivity contribution >= 4 is 17.1 Å². The second kappa shape index (κ2) is 8.05. The lowest BCUT2D eigenvalue weighted by Crippen LogP contribution is -2.23.